The molecule has 0 aliphatic carbocycles. The SMILES string of the molecule is C#Cc1cccc2c1COc1ccc(C=Cc3ccc4cc(F)c(F)cc4n3)cc1C2SCCC(=O)O. The summed E-state index contributed by atoms with van der Waals surface area (Å²) < 4.78 is 33.3. The Kier molecular flexibility index (Phi) is 6.93. The van der Waals surface area contributed by atoms with Gasteiger partial charge in [-0.1, -0.05) is 36.3 Å². The predicted molar refractivity (Wildman–Crippen MR) is 142 cm³/mol. The van der Waals surface area contributed by atoms with E-state index < -0.39 is 17.6 Å². The molecule has 1 aliphatic heterocycles. The van der Waals surface area contributed by atoms with Crippen LogP contribution in [-0.4, -0.2) is 21.8 Å². The molecular weight excluding hydrogens is 492 g/mol. The summed E-state index contributed by atoms with van der Waals surface area (Å²) >= 11 is 1.54. The second kappa shape index (κ2) is 10.5. The molecule has 1 aromatic heterocycles. The van der Waals surface area contributed by atoms with Crippen LogP contribution in [0.4, 0.5) is 8.78 Å². The average Bonchev–Trinajstić information content (AvgIpc) is 3.04. The van der Waals surface area contributed by atoms with Crippen LogP contribution in [0.2, 0.25) is 0 Å². The lowest BCUT2D eigenvalue weighted by atomic mass is 9.95. The molecule has 0 fully saturated rings. The van der Waals surface area contributed by atoms with E-state index in [0.717, 1.165) is 39.9 Å². The van der Waals surface area contributed by atoms with Crippen molar-refractivity contribution in [3.8, 4) is 18.1 Å². The van der Waals surface area contributed by atoms with Crippen molar-refractivity contribution in [3.63, 3.8) is 0 Å². The van der Waals surface area contributed by atoms with E-state index in [-0.39, 0.29) is 11.7 Å². The maximum Gasteiger partial charge on any atom is 0.304 e. The Morgan fingerprint density at radius 1 is 1.11 bits per heavy atom. The van der Waals surface area contributed by atoms with Crippen LogP contribution in [0.1, 0.15) is 45.2 Å². The summed E-state index contributed by atoms with van der Waals surface area (Å²) in [7, 11) is 0. The first-order valence-electron chi connectivity index (χ1n) is 11.6. The zero-order valence-electron chi connectivity index (χ0n) is 19.6. The molecule has 1 N–H and O–H groups in total. The van der Waals surface area contributed by atoms with Gasteiger partial charge in [0.05, 0.1) is 22.9 Å². The van der Waals surface area contributed by atoms with Gasteiger partial charge in [-0.2, -0.15) is 0 Å². The normalized spacial score (nSPS) is 14.5. The highest BCUT2D eigenvalue weighted by molar-refractivity contribution is 7.99. The number of carbonyl (C=O) groups is 1. The fourth-order valence-electron chi connectivity index (χ4n) is 4.32. The number of rotatable bonds is 6. The zero-order valence-corrected chi connectivity index (χ0v) is 20.4. The lowest BCUT2D eigenvalue weighted by Gasteiger charge is -2.19. The van der Waals surface area contributed by atoms with Gasteiger partial charge in [0.1, 0.15) is 12.4 Å². The van der Waals surface area contributed by atoms with Gasteiger partial charge in [0.25, 0.3) is 0 Å². The number of ether oxygens (including phenoxy) is 1. The van der Waals surface area contributed by atoms with Gasteiger partial charge in [0.15, 0.2) is 11.6 Å². The first-order valence-corrected chi connectivity index (χ1v) is 12.6. The van der Waals surface area contributed by atoms with E-state index in [0.29, 0.717) is 34.7 Å². The molecule has 0 saturated carbocycles. The van der Waals surface area contributed by atoms with Crippen LogP contribution >= 0.6 is 11.8 Å². The number of aromatic nitrogens is 1. The maximum atomic E-state index is 13.7. The second-order valence-electron chi connectivity index (χ2n) is 8.53. The summed E-state index contributed by atoms with van der Waals surface area (Å²) in [6, 6.07) is 17.3. The van der Waals surface area contributed by atoms with Crippen molar-refractivity contribution < 1.29 is 23.4 Å². The molecule has 0 bridgehead atoms. The van der Waals surface area contributed by atoms with Gasteiger partial charge < -0.3 is 9.84 Å². The van der Waals surface area contributed by atoms with E-state index in [2.05, 4.69) is 10.9 Å². The molecule has 37 heavy (non-hydrogen) atoms. The molecule has 3 aromatic carbocycles. The number of benzene rings is 3. The Hall–Kier alpha value is -4.15. The first kappa shape index (κ1) is 24.5. The molecule has 5 rings (SSSR count). The van der Waals surface area contributed by atoms with Crippen LogP contribution in [0.15, 0.2) is 60.7 Å². The van der Waals surface area contributed by atoms with Crippen LogP contribution in [-0.2, 0) is 11.4 Å². The minimum Gasteiger partial charge on any atom is -0.489 e. The number of carboxylic acid groups (broad SMARTS) is 1. The number of carboxylic acids is 1. The van der Waals surface area contributed by atoms with Gasteiger partial charge in [-0.3, -0.25) is 4.79 Å². The molecule has 4 aromatic rings. The summed E-state index contributed by atoms with van der Waals surface area (Å²) in [5.74, 6) is 1.18. The van der Waals surface area contributed by atoms with Gasteiger partial charge >= 0.3 is 5.97 Å². The van der Waals surface area contributed by atoms with Crippen LogP contribution in [0.3, 0.4) is 0 Å². The van der Waals surface area contributed by atoms with Crippen molar-refractivity contribution in [2.24, 2.45) is 0 Å². The fourth-order valence-corrected chi connectivity index (χ4v) is 5.61. The average molecular weight is 514 g/mol. The molecule has 1 atom stereocenters. The van der Waals surface area contributed by atoms with Gasteiger partial charge in [-0.05, 0) is 47.5 Å². The summed E-state index contributed by atoms with van der Waals surface area (Å²) in [4.78, 5) is 15.6. The highest BCUT2D eigenvalue weighted by Crippen LogP contribution is 2.45. The molecule has 1 unspecified atom stereocenters. The van der Waals surface area contributed by atoms with Gasteiger partial charge in [-0.15, -0.1) is 18.2 Å². The molecule has 7 heteroatoms. The smallest absolute Gasteiger partial charge is 0.304 e. The number of pyridine rings is 1. The molecule has 1 aliphatic rings. The summed E-state index contributed by atoms with van der Waals surface area (Å²) in [6.45, 7) is 0.325. The molecule has 0 saturated heterocycles. The van der Waals surface area contributed by atoms with Crippen molar-refractivity contribution in [1.29, 1.82) is 0 Å². The number of nitrogens with zero attached hydrogens (tertiary/aromatic N) is 1. The zero-order chi connectivity index (χ0) is 25.9. The van der Waals surface area contributed by atoms with Crippen LogP contribution in [0.5, 0.6) is 5.75 Å². The van der Waals surface area contributed by atoms with Crippen molar-refractivity contribution in [2.75, 3.05) is 5.75 Å². The third-order valence-electron chi connectivity index (χ3n) is 6.14. The maximum absolute atomic E-state index is 13.7. The van der Waals surface area contributed by atoms with Gasteiger partial charge in [-0.25, -0.2) is 13.8 Å². The van der Waals surface area contributed by atoms with E-state index >= 15 is 0 Å². The number of hydrogen-bond acceptors (Lipinski definition) is 4. The fraction of sp³-hybridized carbons (Fsp3) is 0.133. The Morgan fingerprint density at radius 2 is 1.95 bits per heavy atom. The highest BCUT2D eigenvalue weighted by atomic mass is 32.2. The Bertz CT molecular complexity index is 1590. The van der Waals surface area contributed by atoms with Crippen LogP contribution in [0.25, 0.3) is 23.1 Å². The predicted octanol–water partition coefficient (Wildman–Crippen LogP) is 6.85. The quantitative estimate of drug-likeness (QED) is 0.286. The minimum atomic E-state index is -0.938. The van der Waals surface area contributed by atoms with E-state index in [9.17, 15) is 13.6 Å². The topological polar surface area (TPSA) is 59.4 Å². The van der Waals surface area contributed by atoms with E-state index in [1.807, 2.05) is 42.5 Å². The molecule has 0 amide bonds. The van der Waals surface area contributed by atoms with Crippen molar-refractivity contribution in [2.45, 2.75) is 18.3 Å². The van der Waals surface area contributed by atoms with Crippen molar-refractivity contribution >= 4 is 40.8 Å². The number of halogens is 2. The lowest BCUT2D eigenvalue weighted by molar-refractivity contribution is -0.136. The summed E-state index contributed by atoms with van der Waals surface area (Å²) in [5.41, 5.74) is 5.47. The molecule has 2 heterocycles. The number of terminal acetylenes is 1. The molecule has 0 spiro atoms. The second-order valence-corrected chi connectivity index (χ2v) is 9.74. The third kappa shape index (κ3) is 5.20. The Labute approximate surface area is 217 Å². The Morgan fingerprint density at radius 3 is 2.76 bits per heavy atom. The number of aliphatic carboxylic acids is 1. The van der Waals surface area contributed by atoms with E-state index in [1.54, 1.807) is 18.2 Å². The minimum absolute atomic E-state index is 0.0409. The molecular formula is C30H21F2NO3S. The lowest BCUT2D eigenvalue weighted by Crippen LogP contribution is -2.04. The molecule has 0 radical (unpaired) electrons. The number of thioether (sulfide) groups is 1. The largest absolute Gasteiger partial charge is 0.489 e. The van der Waals surface area contributed by atoms with Gasteiger partial charge in [0.2, 0.25) is 0 Å². The summed E-state index contributed by atoms with van der Waals surface area (Å²) in [5, 5.41) is 9.53. The third-order valence-corrected chi connectivity index (χ3v) is 7.42. The van der Waals surface area contributed by atoms with Crippen molar-refractivity contribution in [1.82, 2.24) is 4.98 Å². The monoisotopic (exact) mass is 513 g/mol. The van der Waals surface area contributed by atoms with E-state index in [4.69, 9.17) is 16.3 Å². The first-order chi connectivity index (χ1) is 17.9. The van der Waals surface area contributed by atoms with E-state index in [1.165, 1.54) is 11.8 Å². The molecule has 4 nitrogen and oxygen atoms in total. The molecule has 184 valence electrons. The van der Waals surface area contributed by atoms with Gasteiger partial charge in [0, 0.05) is 33.9 Å². The summed E-state index contributed by atoms with van der Waals surface area (Å²) in [6.07, 6.45) is 9.47. The number of hydrogen-bond donors (Lipinski definition) is 1. The highest BCUT2D eigenvalue weighted by Gasteiger charge is 2.27. The standard InChI is InChI=1S/C30H21F2NO3S/c1-2-19-4-3-5-22-24(19)17-36-28-11-7-18(14-23(28)30(22)37-13-12-29(34)35)6-9-21-10-8-20-15-25(31)26(32)16-27(20)33-21/h1,3-11,14-16,30H,12-13,17H2,(H,34,35). The number of fused-ring (bicyclic) bond motifs is 3. The Balaban J connectivity index is 1.50. The van der Waals surface area contributed by atoms with Crippen LogP contribution < -0.4 is 4.74 Å². The van der Waals surface area contributed by atoms with Crippen LogP contribution in [0, 0.1) is 24.0 Å². The van der Waals surface area contributed by atoms with Crippen molar-refractivity contribution in [3.05, 3.63) is 106 Å².